The Hall–Kier alpha value is -2.37. The van der Waals surface area contributed by atoms with E-state index in [0.29, 0.717) is 12.1 Å². The Kier molecular flexibility index (Phi) is 5.14. The molecule has 0 heterocycles. The first-order valence-electron chi connectivity index (χ1n) is 7.47. The maximum atomic E-state index is 12.1. The van der Waals surface area contributed by atoms with Crippen LogP contribution in [0.2, 0.25) is 0 Å². The molecular weight excluding hydrogens is 276 g/mol. The van der Waals surface area contributed by atoms with Crippen LogP contribution in [-0.2, 0) is 11.3 Å². The van der Waals surface area contributed by atoms with Crippen molar-refractivity contribution in [2.24, 2.45) is 0 Å². The number of likely N-dealkylation sites (N-methyl/N-ethyl adjacent to an activating group) is 1. The topological polar surface area (TPSA) is 79.9 Å². The Bertz CT molecular complexity index is 620. The molecule has 22 heavy (non-hydrogen) atoms. The number of amides is 1. The predicted octanol–water partition coefficient (Wildman–Crippen LogP) is 1.94. The van der Waals surface area contributed by atoms with Crippen LogP contribution in [0.4, 0.5) is 0 Å². The van der Waals surface area contributed by atoms with Crippen LogP contribution in [0.1, 0.15) is 36.8 Å². The number of benzene rings is 1. The number of nitriles is 2. The molecule has 0 radical (unpaired) electrons. The lowest BCUT2D eigenvalue weighted by atomic mass is 10.00. The number of carbonyl (C=O) groups excluding carboxylic acids is 1. The Morgan fingerprint density at radius 1 is 1.36 bits per heavy atom. The van der Waals surface area contributed by atoms with E-state index < -0.39 is 5.54 Å². The quantitative estimate of drug-likeness (QED) is 0.900. The zero-order valence-electron chi connectivity index (χ0n) is 12.8. The number of hydrogen-bond donors (Lipinski definition) is 1. The molecule has 1 aliphatic rings. The normalized spacial score (nSPS) is 16.0. The molecule has 0 atom stereocenters. The zero-order valence-corrected chi connectivity index (χ0v) is 12.8. The van der Waals surface area contributed by atoms with Crippen LogP contribution in [-0.4, -0.2) is 29.9 Å². The van der Waals surface area contributed by atoms with E-state index >= 15 is 0 Å². The Morgan fingerprint density at radius 3 is 2.73 bits per heavy atom. The molecule has 1 N–H and O–H groups in total. The molecular formula is C17H20N4O. The van der Waals surface area contributed by atoms with Crippen LogP contribution in [0.15, 0.2) is 24.3 Å². The average Bonchev–Trinajstić information content (AvgIpc) is 2.96. The van der Waals surface area contributed by atoms with E-state index in [1.165, 1.54) is 0 Å². The lowest BCUT2D eigenvalue weighted by molar-refractivity contribution is -0.123. The van der Waals surface area contributed by atoms with Crippen molar-refractivity contribution in [2.45, 2.75) is 37.8 Å². The van der Waals surface area contributed by atoms with E-state index in [0.717, 1.165) is 31.2 Å². The van der Waals surface area contributed by atoms with Crippen LogP contribution in [0.3, 0.4) is 0 Å². The number of carbonyl (C=O) groups is 1. The van der Waals surface area contributed by atoms with Gasteiger partial charge in [-0.25, -0.2) is 0 Å². The van der Waals surface area contributed by atoms with Gasteiger partial charge in [0.1, 0.15) is 5.54 Å². The molecule has 1 aromatic rings. The van der Waals surface area contributed by atoms with Gasteiger partial charge < -0.3 is 5.32 Å². The van der Waals surface area contributed by atoms with Crippen molar-refractivity contribution in [1.29, 1.82) is 10.5 Å². The molecule has 0 saturated heterocycles. The predicted molar refractivity (Wildman–Crippen MR) is 82.4 cm³/mol. The van der Waals surface area contributed by atoms with Crippen LogP contribution in [0.5, 0.6) is 0 Å². The minimum atomic E-state index is -0.668. The molecule has 1 aliphatic carbocycles. The zero-order chi connectivity index (χ0) is 16.0. The highest BCUT2D eigenvalue weighted by molar-refractivity contribution is 5.79. The van der Waals surface area contributed by atoms with Crippen LogP contribution in [0, 0.1) is 22.7 Å². The summed E-state index contributed by atoms with van der Waals surface area (Å²) in [5.74, 6) is -0.123. The number of nitrogens with one attached hydrogen (secondary N) is 1. The highest BCUT2D eigenvalue weighted by Gasteiger charge is 2.35. The second kappa shape index (κ2) is 7.06. The summed E-state index contributed by atoms with van der Waals surface area (Å²) in [6, 6.07) is 11.7. The molecule has 5 heteroatoms. The summed E-state index contributed by atoms with van der Waals surface area (Å²) in [7, 11) is 1.85. The molecule has 1 saturated carbocycles. The fourth-order valence-electron chi connectivity index (χ4n) is 2.90. The summed E-state index contributed by atoms with van der Waals surface area (Å²) in [5.41, 5.74) is 0.938. The van der Waals surface area contributed by atoms with Crippen molar-refractivity contribution in [2.75, 3.05) is 13.6 Å². The SMILES string of the molecule is CN(CC(=O)NC1(C#N)CCCC1)Cc1cccc(C#N)c1. The summed E-state index contributed by atoms with van der Waals surface area (Å²) in [5, 5.41) is 21.1. The highest BCUT2D eigenvalue weighted by Crippen LogP contribution is 2.28. The first kappa shape index (κ1) is 16.0. The summed E-state index contributed by atoms with van der Waals surface area (Å²) in [6.07, 6.45) is 3.46. The molecule has 0 spiro atoms. The van der Waals surface area contributed by atoms with Gasteiger partial charge in [-0.3, -0.25) is 9.69 Å². The molecule has 0 aromatic heterocycles. The molecule has 0 aliphatic heterocycles. The molecule has 1 fully saturated rings. The summed E-state index contributed by atoms with van der Waals surface area (Å²) < 4.78 is 0. The third-order valence-corrected chi connectivity index (χ3v) is 3.97. The van der Waals surface area contributed by atoms with Gasteiger partial charge in [0.2, 0.25) is 5.91 Å². The monoisotopic (exact) mass is 296 g/mol. The number of hydrogen-bond acceptors (Lipinski definition) is 4. The van der Waals surface area contributed by atoms with Crippen LogP contribution < -0.4 is 5.32 Å². The van der Waals surface area contributed by atoms with E-state index in [4.69, 9.17) is 5.26 Å². The summed E-state index contributed by atoms with van der Waals surface area (Å²) in [4.78, 5) is 14.0. The number of rotatable bonds is 5. The van der Waals surface area contributed by atoms with Crippen molar-refractivity contribution in [3.63, 3.8) is 0 Å². The first-order chi connectivity index (χ1) is 10.6. The van der Waals surface area contributed by atoms with Gasteiger partial charge in [0.25, 0.3) is 0 Å². The first-order valence-corrected chi connectivity index (χ1v) is 7.47. The minimum absolute atomic E-state index is 0.123. The van der Waals surface area contributed by atoms with E-state index in [2.05, 4.69) is 17.5 Å². The lowest BCUT2D eigenvalue weighted by Gasteiger charge is -2.24. The third-order valence-electron chi connectivity index (χ3n) is 3.97. The van der Waals surface area contributed by atoms with Gasteiger partial charge in [-0.05, 0) is 50.4 Å². The molecule has 1 amide bonds. The third kappa shape index (κ3) is 4.07. The van der Waals surface area contributed by atoms with E-state index in [-0.39, 0.29) is 12.5 Å². The Labute approximate surface area is 131 Å². The van der Waals surface area contributed by atoms with Gasteiger partial charge in [-0.15, -0.1) is 0 Å². The van der Waals surface area contributed by atoms with Crippen molar-refractivity contribution in [3.8, 4) is 12.1 Å². The van der Waals surface area contributed by atoms with E-state index in [9.17, 15) is 10.1 Å². The van der Waals surface area contributed by atoms with Gasteiger partial charge in [0, 0.05) is 6.54 Å². The fraction of sp³-hybridized carbons (Fsp3) is 0.471. The molecule has 114 valence electrons. The van der Waals surface area contributed by atoms with Crippen molar-refractivity contribution in [1.82, 2.24) is 10.2 Å². The standard InChI is InChI=1S/C17H20N4O/c1-21(11-15-6-4-5-14(9-15)10-18)12-16(22)20-17(13-19)7-2-3-8-17/h4-6,9H,2-3,7-8,11-12H2,1H3,(H,20,22). The Morgan fingerprint density at radius 2 is 2.09 bits per heavy atom. The Balaban J connectivity index is 1.89. The maximum Gasteiger partial charge on any atom is 0.235 e. The van der Waals surface area contributed by atoms with Crippen molar-refractivity contribution >= 4 is 5.91 Å². The van der Waals surface area contributed by atoms with Gasteiger partial charge in [-0.2, -0.15) is 10.5 Å². The van der Waals surface area contributed by atoms with Crippen LogP contribution in [0.25, 0.3) is 0 Å². The second-order valence-corrected chi connectivity index (χ2v) is 5.93. The van der Waals surface area contributed by atoms with Gasteiger partial charge in [0.15, 0.2) is 0 Å². The smallest absolute Gasteiger partial charge is 0.235 e. The largest absolute Gasteiger partial charge is 0.337 e. The molecule has 1 aromatic carbocycles. The van der Waals surface area contributed by atoms with Gasteiger partial charge in [-0.1, -0.05) is 12.1 Å². The van der Waals surface area contributed by atoms with Crippen molar-refractivity contribution in [3.05, 3.63) is 35.4 Å². The number of nitrogens with zero attached hydrogens (tertiary/aromatic N) is 3. The van der Waals surface area contributed by atoms with Crippen LogP contribution >= 0.6 is 0 Å². The summed E-state index contributed by atoms with van der Waals surface area (Å²) in [6.45, 7) is 0.822. The average molecular weight is 296 g/mol. The molecule has 0 unspecified atom stereocenters. The second-order valence-electron chi connectivity index (χ2n) is 5.93. The van der Waals surface area contributed by atoms with Gasteiger partial charge in [0.05, 0.1) is 24.2 Å². The molecule has 2 rings (SSSR count). The van der Waals surface area contributed by atoms with E-state index in [1.807, 2.05) is 30.1 Å². The van der Waals surface area contributed by atoms with Crippen molar-refractivity contribution < 1.29 is 4.79 Å². The van der Waals surface area contributed by atoms with Gasteiger partial charge >= 0.3 is 0 Å². The summed E-state index contributed by atoms with van der Waals surface area (Å²) >= 11 is 0. The lowest BCUT2D eigenvalue weighted by Crippen LogP contribution is -2.48. The molecule has 5 nitrogen and oxygen atoms in total. The maximum absolute atomic E-state index is 12.1. The highest BCUT2D eigenvalue weighted by atomic mass is 16.2. The molecule has 0 bridgehead atoms. The van der Waals surface area contributed by atoms with E-state index in [1.54, 1.807) is 6.07 Å². The minimum Gasteiger partial charge on any atom is -0.337 e. The fourth-order valence-corrected chi connectivity index (χ4v) is 2.90.